The maximum atomic E-state index is 11.1. The largest absolute Gasteiger partial charge is 0.427 e. The van der Waals surface area contributed by atoms with Crippen LogP contribution in [-0.2, 0) is 4.79 Å². The fraction of sp³-hybridized carbons (Fsp3) is 0.294. The average Bonchev–Trinajstić information content (AvgIpc) is 2.97. The smallest absolute Gasteiger partial charge is 0.308 e. The van der Waals surface area contributed by atoms with E-state index in [0.29, 0.717) is 5.75 Å². The summed E-state index contributed by atoms with van der Waals surface area (Å²) >= 11 is 0. The lowest BCUT2D eigenvalue weighted by atomic mass is 10.1. The van der Waals surface area contributed by atoms with Crippen LogP contribution in [-0.4, -0.2) is 39.6 Å². The third-order valence-electron chi connectivity index (χ3n) is 3.78. The van der Waals surface area contributed by atoms with Gasteiger partial charge in [-0.05, 0) is 24.6 Å². The molecule has 0 aliphatic carbocycles. The van der Waals surface area contributed by atoms with E-state index >= 15 is 0 Å². The Morgan fingerprint density at radius 2 is 2.04 bits per heavy atom. The predicted octanol–water partition coefficient (Wildman–Crippen LogP) is 2.43. The molecule has 0 unspecified atom stereocenters. The van der Waals surface area contributed by atoms with Gasteiger partial charge in [-0.2, -0.15) is 0 Å². The summed E-state index contributed by atoms with van der Waals surface area (Å²) in [5.41, 5.74) is 2.52. The van der Waals surface area contributed by atoms with Crippen molar-refractivity contribution in [2.45, 2.75) is 19.9 Å². The fourth-order valence-corrected chi connectivity index (χ4v) is 2.61. The molecule has 7 heteroatoms. The summed E-state index contributed by atoms with van der Waals surface area (Å²) in [4.78, 5) is 26.2. The van der Waals surface area contributed by atoms with Crippen molar-refractivity contribution in [3.05, 3.63) is 42.5 Å². The minimum atomic E-state index is -0.337. The number of esters is 1. The summed E-state index contributed by atoms with van der Waals surface area (Å²) in [7, 11) is 3.85. The molecule has 3 aromatic rings. The van der Waals surface area contributed by atoms with E-state index in [4.69, 9.17) is 4.74 Å². The zero-order valence-electron chi connectivity index (χ0n) is 14.1. The molecule has 1 aromatic carbocycles. The van der Waals surface area contributed by atoms with Crippen LogP contribution in [0.2, 0.25) is 0 Å². The van der Waals surface area contributed by atoms with Crippen LogP contribution in [0.1, 0.15) is 25.5 Å². The molecule has 3 rings (SSSR count). The standard InChI is InChI=1S/C17H19N5O2/c1-11(13-6-5-7-14(8-13)24-12(2)23)22-10-20-15-16(21(3)4)18-9-19-17(15)22/h5-11H,1-4H3/t11-/m1/s1. The maximum Gasteiger partial charge on any atom is 0.308 e. The lowest BCUT2D eigenvalue weighted by Crippen LogP contribution is -2.12. The Morgan fingerprint density at radius 3 is 2.75 bits per heavy atom. The van der Waals surface area contributed by atoms with Gasteiger partial charge in [0.2, 0.25) is 0 Å². The molecule has 0 saturated carbocycles. The number of ether oxygens (including phenoxy) is 1. The highest BCUT2D eigenvalue weighted by molar-refractivity contribution is 5.83. The van der Waals surface area contributed by atoms with E-state index in [1.54, 1.807) is 12.4 Å². The normalized spacial score (nSPS) is 12.2. The fourth-order valence-electron chi connectivity index (χ4n) is 2.61. The van der Waals surface area contributed by atoms with Crippen LogP contribution in [0.5, 0.6) is 5.75 Å². The lowest BCUT2D eigenvalue weighted by molar-refractivity contribution is -0.131. The number of benzene rings is 1. The number of aromatic nitrogens is 4. The summed E-state index contributed by atoms with van der Waals surface area (Å²) < 4.78 is 7.15. The van der Waals surface area contributed by atoms with Gasteiger partial charge in [0.1, 0.15) is 12.1 Å². The monoisotopic (exact) mass is 325 g/mol. The molecule has 0 fully saturated rings. The third kappa shape index (κ3) is 2.92. The van der Waals surface area contributed by atoms with Crippen LogP contribution in [0.15, 0.2) is 36.9 Å². The number of carbonyl (C=O) groups excluding carboxylic acids is 1. The van der Waals surface area contributed by atoms with Gasteiger partial charge in [0.15, 0.2) is 17.0 Å². The number of carbonyl (C=O) groups is 1. The first kappa shape index (κ1) is 15.9. The van der Waals surface area contributed by atoms with Crippen molar-refractivity contribution in [1.29, 1.82) is 0 Å². The first-order valence-corrected chi connectivity index (χ1v) is 7.60. The SMILES string of the molecule is CC(=O)Oc1cccc([C@@H](C)n2cnc3c(N(C)C)ncnc32)c1. The molecule has 1 atom stereocenters. The molecule has 2 aromatic heterocycles. The number of hydrogen-bond donors (Lipinski definition) is 0. The molecule has 0 aliphatic rings. The van der Waals surface area contributed by atoms with Crippen molar-refractivity contribution in [1.82, 2.24) is 19.5 Å². The van der Waals surface area contributed by atoms with E-state index in [0.717, 1.165) is 22.5 Å². The molecule has 7 nitrogen and oxygen atoms in total. The number of anilines is 1. The summed E-state index contributed by atoms with van der Waals surface area (Å²) in [6, 6.07) is 7.44. The Balaban J connectivity index is 2.02. The molecule has 0 bridgehead atoms. The molecule has 24 heavy (non-hydrogen) atoms. The van der Waals surface area contributed by atoms with Crippen LogP contribution in [0, 0.1) is 0 Å². The summed E-state index contributed by atoms with van der Waals surface area (Å²) in [6.45, 7) is 3.44. The quantitative estimate of drug-likeness (QED) is 0.542. The summed E-state index contributed by atoms with van der Waals surface area (Å²) in [5, 5.41) is 0. The summed E-state index contributed by atoms with van der Waals surface area (Å²) in [6.07, 6.45) is 3.30. The van der Waals surface area contributed by atoms with Gasteiger partial charge >= 0.3 is 5.97 Å². The molecule has 2 heterocycles. The molecular formula is C17H19N5O2. The Labute approximate surface area is 139 Å². The maximum absolute atomic E-state index is 11.1. The van der Waals surface area contributed by atoms with Crippen molar-refractivity contribution in [2.75, 3.05) is 19.0 Å². The van der Waals surface area contributed by atoms with Gasteiger partial charge < -0.3 is 14.2 Å². The first-order valence-electron chi connectivity index (χ1n) is 7.60. The lowest BCUT2D eigenvalue weighted by Gasteiger charge is -2.16. The van der Waals surface area contributed by atoms with Crippen molar-refractivity contribution >= 4 is 23.0 Å². The highest BCUT2D eigenvalue weighted by Gasteiger charge is 2.16. The minimum absolute atomic E-state index is 0.0181. The van der Waals surface area contributed by atoms with E-state index in [-0.39, 0.29) is 12.0 Å². The van der Waals surface area contributed by atoms with Gasteiger partial charge in [-0.1, -0.05) is 12.1 Å². The zero-order valence-corrected chi connectivity index (χ0v) is 14.1. The highest BCUT2D eigenvalue weighted by atomic mass is 16.5. The van der Waals surface area contributed by atoms with Gasteiger partial charge in [-0.3, -0.25) is 4.79 Å². The van der Waals surface area contributed by atoms with Crippen LogP contribution in [0.4, 0.5) is 5.82 Å². The van der Waals surface area contributed by atoms with Crippen LogP contribution >= 0.6 is 0 Å². The third-order valence-corrected chi connectivity index (χ3v) is 3.78. The van der Waals surface area contributed by atoms with Crippen LogP contribution in [0.25, 0.3) is 11.2 Å². The Hall–Kier alpha value is -2.96. The highest BCUT2D eigenvalue weighted by Crippen LogP contribution is 2.27. The average molecular weight is 325 g/mol. The van der Waals surface area contributed by atoms with Gasteiger partial charge in [0.25, 0.3) is 0 Å². The number of hydrogen-bond acceptors (Lipinski definition) is 6. The van der Waals surface area contributed by atoms with Gasteiger partial charge in [-0.25, -0.2) is 15.0 Å². The first-order chi connectivity index (χ1) is 11.5. The molecule has 124 valence electrons. The van der Waals surface area contributed by atoms with E-state index in [1.165, 1.54) is 13.3 Å². The van der Waals surface area contributed by atoms with E-state index in [9.17, 15) is 4.79 Å². The number of imidazole rings is 1. The van der Waals surface area contributed by atoms with Crippen molar-refractivity contribution in [2.24, 2.45) is 0 Å². The number of fused-ring (bicyclic) bond motifs is 1. The molecule has 0 amide bonds. The molecule has 0 spiro atoms. The van der Waals surface area contributed by atoms with E-state index in [2.05, 4.69) is 15.0 Å². The zero-order chi connectivity index (χ0) is 17.3. The van der Waals surface area contributed by atoms with Gasteiger partial charge in [0, 0.05) is 21.0 Å². The molecular weight excluding hydrogens is 306 g/mol. The second-order valence-corrected chi connectivity index (χ2v) is 5.76. The Kier molecular flexibility index (Phi) is 4.16. The minimum Gasteiger partial charge on any atom is -0.427 e. The second kappa shape index (κ2) is 6.27. The number of nitrogens with zero attached hydrogens (tertiary/aromatic N) is 5. The molecule has 0 radical (unpaired) electrons. The molecule has 0 saturated heterocycles. The second-order valence-electron chi connectivity index (χ2n) is 5.76. The molecule has 0 N–H and O–H groups in total. The Bertz CT molecular complexity index is 888. The van der Waals surface area contributed by atoms with Crippen molar-refractivity contribution in [3.8, 4) is 5.75 Å². The summed E-state index contributed by atoms with van der Waals surface area (Å²) in [5.74, 6) is 0.968. The van der Waals surface area contributed by atoms with Crippen molar-refractivity contribution < 1.29 is 9.53 Å². The predicted molar refractivity (Wildman–Crippen MR) is 91.2 cm³/mol. The van der Waals surface area contributed by atoms with Crippen molar-refractivity contribution in [3.63, 3.8) is 0 Å². The van der Waals surface area contributed by atoms with Crippen LogP contribution < -0.4 is 9.64 Å². The van der Waals surface area contributed by atoms with Gasteiger partial charge in [0.05, 0.1) is 12.4 Å². The van der Waals surface area contributed by atoms with Gasteiger partial charge in [-0.15, -0.1) is 0 Å². The topological polar surface area (TPSA) is 73.1 Å². The molecule has 0 aliphatic heterocycles. The van der Waals surface area contributed by atoms with Crippen LogP contribution in [0.3, 0.4) is 0 Å². The van der Waals surface area contributed by atoms with E-state index in [1.807, 2.05) is 48.7 Å². The number of rotatable bonds is 4. The Morgan fingerprint density at radius 1 is 1.25 bits per heavy atom. The van der Waals surface area contributed by atoms with E-state index < -0.39 is 0 Å².